The van der Waals surface area contributed by atoms with E-state index in [0.717, 1.165) is 38.0 Å². The monoisotopic (exact) mass is 363 g/mol. The van der Waals surface area contributed by atoms with Gasteiger partial charge in [0.15, 0.2) is 5.96 Å². The molecule has 2 aromatic rings. The highest BCUT2D eigenvalue weighted by atomic mass is 15.2. The molecule has 2 aliphatic rings. The van der Waals surface area contributed by atoms with Gasteiger partial charge < -0.3 is 15.5 Å². The van der Waals surface area contributed by atoms with E-state index < -0.39 is 0 Å². The highest BCUT2D eigenvalue weighted by Crippen LogP contribution is 2.47. The van der Waals surface area contributed by atoms with Gasteiger partial charge >= 0.3 is 0 Å². The molecule has 1 saturated carbocycles. The molecule has 2 heterocycles. The van der Waals surface area contributed by atoms with E-state index in [1.54, 1.807) is 0 Å². The van der Waals surface area contributed by atoms with Crippen LogP contribution in [0.25, 0.3) is 0 Å². The minimum atomic E-state index is 0.276. The minimum Gasteiger partial charge on any atom is -0.357 e. The summed E-state index contributed by atoms with van der Waals surface area (Å²) in [7, 11) is 1.83. The smallest absolute Gasteiger partial charge is 0.191 e. The normalized spacial score (nSPS) is 18.4. The Labute approximate surface area is 161 Å². The number of guanidine groups is 1. The Morgan fingerprint density at radius 1 is 1.11 bits per heavy atom. The number of nitrogens with one attached hydrogen (secondary N) is 2. The summed E-state index contributed by atoms with van der Waals surface area (Å²) in [5.74, 6) is 1.95. The Hall–Kier alpha value is -2.56. The SMILES string of the molecule is CN=C(NCc1ccnc(N2CCCC2)c1)NCC1(c2ccccc2)CC1. The molecule has 0 atom stereocenters. The number of benzene rings is 1. The van der Waals surface area contributed by atoms with Gasteiger partial charge in [-0.1, -0.05) is 30.3 Å². The van der Waals surface area contributed by atoms with Gasteiger partial charge in [0.2, 0.25) is 0 Å². The van der Waals surface area contributed by atoms with Crippen LogP contribution >= 0.6 is 0 Å². The first-order chi connectivity index (χ1) is 13.3. The van der Waals surface area contributed by atoms with Crippen LogP contribution < -0.4 is 15.5 Å². The zero-order valence-corrected chi connectivity index (χ0v) is 16.1. The summed E-state index contributed by atoms with van der Waals surface area (Å²) < 4.78 is 0. The number of hydrogen-bond acceptors (Lipinski definition) is 3. The molecule has 4 rings (SSSR count). The van der Waals surface area contributed by atoms with Crippen molar-refractivity contribution in [2.75, 3.05) is 31.6 Å². The maximum absolute atomic E-state index is 4.53. The van der Waals surface area contributed by atoms with Crippen molar-refractivity contribution >= 4 is 11.8 Å². The lowest BCUT2D eigenvalue weighted by atomic mass is 9.96. The molecular weight excluding hydrogens is 334 g/mol. The Balaban J connectivity index is 1.32. The third kappa shape index (κ3) is 4.24. The molecule has 5 heteroatoms. The van der Waals surface area contributed by atoms with E-state index in [9.17, 15) is 0 Å². The molecule has 0 radical (unpaired) electrons. The van der Waals surface area contributed by atoms with E-state index in [0.29, 0.717) is 0 Å². The van der Waals surface area contributed by atoms with Crippen molar-refractivity contribution in [3.63, 3.8) is 0 Å². The molecule has 2 N–H and O–H groups in total. The van der Waals surface area contributed by atoms with Gasteiger partial charge in [-0.25, -0.2) is 4.98 Å². The second kappa shape index (κ2) is 7.99. The Morgan fingerprint density at radius 3 is 2.59 bits per heavy atom. The highest BCUT2D eigenvalue weighted by molar-refractivity contribution is 5.79. The molecule has 1 aromatic carbocycles. The van der Waals surface area contributed by atoms with Crippen LogP contribution in [0.4, 0.5) is 5.82 Å². The van der Waals surface area contributed by atoms with Crippen LogP contribution in [0.3, 0.4) is 0 Å². The summed E-state index contributed by atoms with van der Waals surface area (Å²) in [6, 6.07) is 15.1. The van der Waals surface area contributed by atoms with Crippen molar-refractivity contribution in [1.82, 2.24) is 15.6 Å². The molecule has 0 bridgehead atoms. The molecule has 0 unspecified atom stereocenters. The minimum absolute atomic E-state index is 0.276. The standard InChI is InChI=1S/C22H29N5/c1-23-21(26-17-22(10-11-22)19-7-3-2-4-8-19)25-16-18-9-12-24-20(15-18)27-13-5-6-14-27/h2-4,7-9,12,15H,5-6,10-11,13-14,16-17H2,1H3,(H2,23,25,26). The second-order valence-corrected chi connectivity index (χ2v) is 7.64. The molecule has 0 amide bonds. The molecule has 2 fully saturated rings. The summed E-state index contributed by atoms with van der Waals surface area (Å²) in [6.07, 6.45) is 6.93. The molecule has 142 valence electrons. The van der Waals surface area contributed by atoms with Gasteiger partial charge in [-0.2, -0.15) is 0 Å². The number of nitrogens with zero attached hydrogens (tertiary/aromatic N) is 3. The molecule has 0 spiro atoms. The predicted molar refractivity (Wildman–Crippen MR) is 111 cm³/mol. The molecule has 1 aliphatic carbocycles. The van der Waals surface area contributed by atoms with Gasteiger partial charge in [0.05, 0.1) is 0 Å². The summed E-state index contributed by atoms with van der Waals surface area (Å²) in [5, 5.41) is 6.97. The molecule has 1 aliphatic heterocycles. The first-order valence-corrected chi connectivity index (χ1v) is 9.99. The van der Waals surface area contributed by atoms with E-state index in [2.05, 4.69) is 68.0 Å². The zero-order valence-electron chi connectivity index (χ0n) is 16.1. The van der Waals surface area contributed by atoms with Crippen LogP contribution in [-0.2, 0) is 12.0 Å². The maximum Gasteiger partial charge on any atom is 0.191 e. The van der Waals surface area contributed by atoms with Crippen molar-refractivity contribution in [3.05, 3.63) is 59.8 Å². The number of rotatable bonds is 6. The Bertz CT molecular complexity index is 776. The van der Waals surface area contributed by atoms with Gasteiger partial charge in [-0.3, -0.25) is 4.99 Å². The van der Waals surface area contributed by atoms with Gasteiger partial charge in [0, 0.05) is 44.8 Å². The fraction of sp³-hybridized carbons (Fsp3) is 0.455. The van der Waals surface area contributed by atoms with Crippen molar-refractivity contribution in [2.45, 2.75) is 37.6 Å². The lowest BCUT2D eigenvalue weighted by molar-refractivity contribution is 0.645. The van der Waals surface area contributed by atoms with Gasteiger partial charge in [-0.05, 0) is 48.9 Å². The summed E-state index contributed by atoms with van der Waals surface area (Å²) in [5.41, 5.74) is 2.94. The first-order valence-electron chi connectivity index (χ1n) is 9.99. The summed E-state index contributed by atoms with van der Waals surface area (Å²) in [6.45, 7) is 3.91. The van der Waals surface area contributed by atoms with E-state index in [-0.39, 0.29) is 5.41 Å². The fourth-order valence-electron chi connectivity index (χ4n) is 3.86. The van der Waals surface area contributed by atoms with Crippen LogP contribution in [0, 0.1) is 0 Å². The van der Waals surface area contributed by atoms with Gasteiger partial charge in [0.25, 0.3) is 0 Å². The van der Waals surface area contributed by atoms with Crippen LogP contribution in [-0.4, -0.2) is 37.6 Å². The maximum atomic E-state index is 4.53. The number of anilines is 1. The van der Waals surface area contributed by atoms with Crippen LogP contribution in [0.15, 0.2) is 53.7 Å². The number of hydrogen-bond donors (Lipinski definition) is 2. The van der Waals surface area contributed by atoms with Crippen LogP contribution in [0.5, 0.6) is 0 Å². The van der Waals surface area contributed by atoms with E-state index >= 15 is 0 Å². The predicted octanol–water partition coefficient (Wildman–Crippen LogP) is 3.08. The van der Waals surface area contributed by atoms with Crippen molar-refractivity contribution in [3.8, 4) is 0 Å². The molecule has 5 nitrogen and oxygen atoms in total. The van der Waals surface area contributed by atoms with E-state index in [1.165, 1.54) is 36.8 Å². The van der Waals surface area contributed by atoms with E-state index in [4.69, 9.17) is 0 Å². The van der Waals surface area contributed by atoms with Gasteiger partial charge in [-0.15, -0.1) is 0 Å². The molecule has 1 saturated heterocycles. The number of pyridine rings is 1. The van der Waals surface area contributed by atoms with Crippen molar-refractivity contribution in [2.24, 2.45) is 4.99 Å². The largest absolute Gasteiger partial charge is 0.357 e. The lowest BCUT2D eigenvalue weighted by Crippen LogP contribution is -2.40. The van der Waals surface area contributed by atoms with Crippen LogP contribution in [0.1, 0.15) is 36.8 Å². The number of aromatic nitrogens is 1. The number of aliphatic imine (C=N–C) groups is 1. The quantitative estimate of drug-likeness (QED) is 0.612. The first kappa shape index (κ1) is 17.8. The average Bonchev–Trinajstić information content (AvgIpc) is 3.32. The third-order valence-electron chi connectivity index (χ3n) is 5.76. The average molecular weight is 364 g/mol. The summed E-state index contributed by atoms with van der Waals surface area (Å²) in [4.78, 5) is 11.3. The Kier molecular flexibility index (Phi) is 5.28. The second-order valence-electron chi connectivity index (χ2n) is 7.64. The van der Waals surface area contributed by atoms with Crippen molar-refractivity contribution in [1.29, 1.82) is 0 Å². The Morgan fingerprint density at radius 2 is 1.89 bits per heavy atom. The topological polar surface area (TPSA) is 52.6 Å². The highest BCUT2D eigenvalue weighted by Gasteiger charge is 2.43. The zero-order chi connectivity index (χ0) is 18.5. The van der Waals surface area contributed by atoms with Gasteiger partial charge in [0.1, 0.15) is 5.82 Å². The lowest BCUT2D eigenvalue weighted by Gasteiger charge is -2.20. The molecular formula is C22H29N5. The third-order valence-corrected chi connectivity index (χ3v) is 5.76. The van der Waals surface area contributed by atoms with Crippen LogP contribution in [0.2, 0.25) is 0 Å². The molecule has 27 heavy (non-hydrogen) atoms. The van der Waals surface area contributed by atoms with E-state index in [1.807, 2.05) is 13.2 Å². The molecule has 1 aromatic heterocycles. The fourth-order valence-corrected chi connectivity index (χ4v) is 3.86. The van der Waals surface area contributed by atoms with Crippen molar-refractivity contribution < 1.29 is 0 Å². The summed E-state index contributed by atoms with van der Waals surface area (Å²) >= 11 is 0.